The molecule has 0 amide bonds. The Hall–Kier alpha value is -4.54. The first-order valence-corrected chi connectivity index (χ1v) is 18.1. The van der Waals surface area contributed by atoms with Gasteiger partial charge in [-0.05, 0) is 56.7 Å². The minimum atomic E-state index is -1.76. The summed E-state index contributed by atoms with van der Waals surface area (Å²) >= 11 is 0. The highest BCUT2D eigenvalue weighted by Gasteiger charge is 2.43. The molecular weight excluding hydrogens is 511 g/mol. The Balaban J connectivity index is 1.44. The number of aromatic nitrogens is 1. The SMILES string of the molecule is C[Si](C)(C)c1c(N2c3ccccc3B3c4c(cccc42)-c2cccc4c5ccccc5n3c24)ccc2ccccc12. The molecule has 2 aliphatic heterocycles. The van der Waals surface area contributed by atoms with Crippen LogP contribution in [-0.2, 0) is 0 Å². The van der Waals surface area contributed by atoms with Gasteiger partial charge in [0.15, 0.2) is 0 Å². The standard InChI is InChI=1S/C37H29BN2Si/c1-41(2,3)37-25-13-5-4-12-24(25)22-23-34(37)39-32-20-9-7-18-30(32)38-35-27(15-11-21-33(35)39)29-17-10-16-28-26-14-6-8-19-31(26)40(38)36(28)29/h4-23H,1-3H3. The quantitative estimate of drug-likeness (QED) is 0.202. The fourth-order valence-corrected chi connectivity index (χ4v) is 9.78. The smallest absolute Gasteiger partial charge is 0.333 e. The van der Waals surface area contributed by atoms with E-state index in [1.807, 2.05) is 0 Å². The van der Waals surface area contributed by atoms with Crippen molar-refractivity contribution in [1.29, 1.82) is 0 Å². The molecule has 41 heavy (non-hydrogen) atoms. The van der Waals surface area contributed by atoms with Gasteiger partial charge in [0, 0.05) is 44.4 Å². The minimum Gasteiger partial charge on any atom is -0.375 e. The molecule has 0 aliphatic carbocycles. The van der Waals surface area contributed by atoms with Gasteiger partial charge in [0.25, 0.3) is 0 Å². The summed E-state index contributed by atoms with van der Waals surface area (Å²) in [7, 11) is -1.76. The molecule has 0 saturated carbocycles. The summed E-state index contributed by atoms with van der Waals surface area (Å²) in [5.74, 6) is 0. The molecule has 194 valence electrons. The van der Waals surface area contributed by atoms with E-state index in [0.717, 1.165) is 0 Å². The second kappa shape index (κ2) is 8.02. The van der Waals surface area contributed by atoms with Crippen LogP contribution in [0.4, 0.5) is 17.1 Å². The normalized spacial score (nSPS) is 13.6. The summed E-state index contributed by atoms with van der Waals surface area (Å²) in [6.07, 6.45) is 0. The van der Waals surface area contributed by atoms with Crippen molar-refractivity contribution in [2.75, 3.05) is 4.90 Å². The molecule has 0 radical (unpaired) electrons. The van der Waals surface area contributed by atoms with Gasteiger partial charge in [-0.2, -0.15) is 0 Å². The molecule has 0 spiro atoms. The lowest BCUT2D eigenvalue weighted by molar-refractivity contribution is 1.26. The molecule has 3 heterocycles. The predicted molar refractivity (Wildman–Crippen MR) is 180 cm³/mol. The van der Waals surface area contributed by atoms with E-state index in [0.29, 0.717) is 0 Å². The summed E-state index contributed by atoms with van der Waals surface area (Å²) < 4.78 is 2.63. The van der Waals surface area contributed by atoms with E-state index in [-0.39, 0.29) is 6.85 Å². The average molecular weight is 541 g/mol. The summed E-state index contributed by atoms with van der Waals surface area (Å²) in [5, 5.41) is 6.89. The van der Waals surface area contributed by atoms with E-state index in [4.69, 9.17) is 0 Å². The van der Waals surface area contributed by atoms with Crippen LogP contribution in [0, 0.1) is 0 Å². The molecule has 2 nitrogen and oxygen atoms in total. The molecule has 0 atom stereocenters. The number of anilines is 3. The number of hydrogen-bond acceptors (Lipinski definition) is 1. The minimum absolute atomic E-state index is 0.113. The van der Waals surface area contributed by atoms with Crippen LogP contribution in [0.15, 0.2) is 121 Å². The van der Waals surface area contributed by atoms with E-state index < -0.39 is 8.07 Å². The predicted octanol–water partition coefficient (Wildman–Crippen LogP) is 7.91. The van der Waals surface area contributed by atoms with Gasteiger partial charge in [-0.25, -0.2) is 0 Å². The molecule has 1 aromatic heterocycles. The third kappa shape index (κ3) is 2.98. The van der Waals surface area contributed by atoms with Crippen LogP contribution < -0.4 is 21.0 Å². The van der Waals surface area contributed by atoms with Crippen LogP contribution in [0.2, 0.25) is 19.6 Å². The van der Waals surface area contributed by atoms with Crippen LogP contribution in [0.3, 0.4) is 0 Å². The number of para-hydroxylation sites is 3. The molecule has 4 heteroatoms. The molecule has 0 saturated heterocycles. The second-order valence-electron chi connectivity index (χ2n) is 12.6. The lowest BCUT2D eigenvalue weighted by Crippen LogP contribution is -2.57. The Labute approximate surface area is 241 Å². The molecule has 0 unspecified atom stereocenters. The van der Waals surface area contributed by atoms with Crippen LogP contribution in [0.5, 0.6) is 0 Å². The Morgan fingerprint density at radius 3 is 2.10 bits per heavy atom. The zero-order chi connectivity index (χ0) is 27.5. The number of nitrogens with zero attached hydrogens (tertiary/aromatic N) is 2. The van der Waals surface area contributed by atoms with Gasteiger partial charge in [0.05, 0.1) is 8.07 Å². The van der Waals surface area contributed by atoms with Crippen molar-refractivity contribution < 1.29 is 0 Å². The van der Waals surface area contributed by atoms with Gasteiger partial charge in [-0.15, -0.1) is 0 Å². The Bertz CT molecular complexity index is 2220. The molecule has 9 rings (SSSR count). The Morgan fingerprint density at radius 1 is 0.537 bits per heavy atom. The Morgan fingerprint density at radius 2 is 1.22 bits per heavy atom. The van der Waals surface area contributed by atoms with Gasteiger partial charge in [-0.3, -0.25) is 0 Å². The molecular formula is C37H29BN2Si. The van der Waals surface area contributed by atoms with E-state index in [9.17, 15) is 0 Å². The molecule has 0 fully saturated rings. The highest BCUT2D eigenvalue weighted by molar-refractivity contribution is 6.92. The molecule has 2 aliphatic rings. The van der Waals surface area contributed by atoms with Crippen molar-refractivity contribution >= 4 is 80.7 Å². The van der Waals surface area contributed by atoms with Crippen molar-refractivity contribution in [3.63, 3.8) is 0 Å². The monoisotopic (exact) mass is 540 g/mol. The average Bonchev–Trinajstić information content (AvgIpc) is 3.33. The summed E-state index contributed by atoms with van der Waals surface area (Å²) in [5.41, 5.74) is 12.0. The van der Waals surface area contributed by atoms with Gasteiger partial charge < -0.3 is 9.38 Å². The first kappa shape index (κ1) is 23.2. The van der Waals surface area contributed by atoms with E-state index in [1.54, 1.807) is 0 Å². The van der Waals surface area contributed by atoms with Crippen LogP contribution in [0.25, 0.3) is 43.7 Å². The van der Waals surface area contributed by atoms with Crippen LogP contribution >= 0.6 is 0 Å². The van der Waals surface area contributed by atoms with Crippen LogP contribution in [0.1, 0.15) is 0 Å². The van der Waals surface area contributed by atoms with Crippen molar-refractivity contribution in [2.45, 2.75) is 19.6 Å². The lowest BCUT2D eigenvalue weighted by Gasteiger charge is -2.42. The number of fused-ring (bicyclic) bond motifs is 8. The fourth-order valence-electron chi connectivity index (χ4n) is 7.78. The second-order valence-corrected chi connectivity index (χ2v) is 17.6. The van der Waals surface area contributed by atoms with Crippen molar-refractivity contribution in [3.05, 3.63) is 121 Å². The van der Waals surface area contributed by atoms with Gasteiger partial charge in [0.2, 0.25) is 0 Å². The number of hydrogen-bond donors (Lipinski definition) is 0. The first-order chi connectivity index (χ1) is 20.0. The fraction of sp³-hybridized carbons (Fsp3) is 0.0811. The third-order valence-electron chi connectivity index (χ3n) is 9.25. The van der Waals surface area contributed by atoms with Gasteiger partial charge >= 0.3 is 6.85 Å². The topological polar surface area (TPSA) is 8.17 Å². The zero-order valence-electron chi connectivity index (χ0n) is 23.5. The summed E-state index contributed by atoms with van der Waals surface area (Å²) in [4.78, 5) is 2.58. The highest BCUT2D eigenvalue weighted by atomic mass is 28.3. The number of benzene rings is 6. The first-order valence-electron chi connectivity index (χ1n) is 14.6. The maximum absolute atomic E-state index is 2.63. The van der Waals surface area contributed by atoms with Crippen molar-refractivity contribution in [2.24, 2.45) is 0 Å². The van der Waals surface area contributed by atoms with Gasteiger partial charge in [0.1, 0.15) is 0 Å². The van der Waals surface area contributed by atoms with E-state index in [1.165, 1.54) is 76.9 Å². The van der Waals surface area contributed by atoms with E-state index in [2.05, 4.69) is 150 Å². The largest absolute Gasteiger partial charge is 0.375 e. The molecule has 0 bridgehead atoms. The maximum atomic E-state index is 2.63. The summed E-state index contributed by atoms with van der Waals surface area (Å²) in [6.45, 7) is 7.56. The third-order valence-corrected chi connectivity index (χ3v) is 11.3. The maximum Gasteiger partial charge on any atom is 0.333 e. The number of rotatable bonds is 2. The Kier molecular flexibility index (Phi) is 4.54. The lowest BCUT2D eigenvalue weighted by atomic mass is 9.45. The van der Waals surface area contributed by atoms with Crippen molar-refractivity contribution in [3.8, 4) is 11.1 Å². The van der Waals surface area contributed by atoms with E-state index >= 15 is 0 Å². The molecule has 6 aromatic carbocycles. The van der Waals surface area contributed by atoms with Crippen molar-refractivity contribution in [1.82, 2.24) is 4.48 Å². The molecule has 0 N–H and O–H groups in total. The highest BCUT2D eigenvalue weighted by Crippen LogP contribution is 2.45. The van der Waals surface area contributed by atoms with Crippen LogP contribution in [-0.4, -0.2) is 19.4 Å². The summed E-state index contributed by atoms with van der Waals surface area (Å²) in [6, 6.07) is 45.5. The zero-order valence-corrected chi connectivity index (χ0v) is 24.5. The van der Waals surface area contributed by atoms with Gasteiger partial charge in [-0.1, -0.05) is 117 Å². The molecule has 7 aromatic rings.